The van der Waals surface area contributed by atoms with E-state index >= 15 is 0 Å². The maximum Gasteiger partial charge on any atom is 0.280 e. The van der Waals surface area contributed by atoms with E-state index in [1.807, 2.05) is 0 Å². The van der Waals surface area contributed by atoms with Crippen LogP contribution in [0.25, 0.3) is 21.5 Å². The molecule has 2 amide bonds. The summed E-state index contributed by atoms with van der Waals surface area (Å²) >= 11 is 12.9. The van der Waals surface area contributed by atoms with Crippen LogP contribution in [0.5, 0.6) is 0 Å². The number of thiophene rings is 1. The molecule has 0 aliphatic heterocycles. The molecule has 0 aliphatic rings. The van der Waals surface area contributed by atoms with Crippen molar-refractivity contribution in [1.82, 2.24) is 15.2 Å². The number of aromatic amines is 1. The lowest BCUT2D eigenvalue weighted by molar-refractivity contribution is 0.100. The molecule has 3 heterocycles. The molecule has 4 aromatic rings. The van der Waals surface area contributed by atoms with Gasteiger partial charge in [0.1, 0.15) is 21.1 Å². The van der Waals surface area contributed by atoms with Crippen molar-refractivity contribution in [3.8, 4) is 11.3 Å². The molecule has 0 saturated carbocycles. The first-order valence-electron chi connectivity index (χ1n) is 9.00. The van der Waals surface area contributed by atoms with Crippen LogP contribution < -0.4 is 11.1 Å². The van der Waals surface area contributed by atoms with Crippen LogP contribution >= 0.6 is 34.5 Å². The molecule has 0 unspecified atom stereocenters. The smallest absolute Gasteiger partial charge is 0.280 e. The van der Waals surface area contributed by atoms with Gasteiger partial charge < -0.3 is 11.1 Å². The standard InChI is InChI=1S/C20H13Cl2F2N5O2S/c1-7-4-12(17(23)24)26-20-14(7)15(16(32-20)18(25)30)27-19(31)13-6-11(28-29-13)9-3-2-8(21)5-10(9)22/h2-6,17H,1H3,(H2,25,30)(H,27,31)(H,28,29). The Labute approximate surface area is 193 Å². The van der Waals surface area contributed by atoms with E-state index in [1.54, 1.807) is 25.1 Å². The Bertz CT molecular complexity index is 1390. The quantitative estimate of drug-likeness (QED) is 0.334. The monoisotopic (exact) mass is 495 g/mol. The lowest BCUT2D eigenvalue weighted by Crippen LogP contribution is -2.17. The number of fused-ring (bicyclic) bond motifs is 1. The first-order valence-corrected chi connectivity index (χ1v) is 10.6. The van der Waals surface area contributed by atoms with Crippen LogP contribution in [0, 0.1) is 6.92 Å². The van der Waals surface area contributed by atoms with Crippen molar-refractivity contribution in [2.24, 2.45) is 5.73 Å². The number of amides is 2. The van der Waals surface area contributed by atoms with E-state index in [2.05, 4.69) is 20.5 Å². The predicted molar refractivity (Wildman–Crippen MR) is 120 cm³/mol. The third-order valence-electron chi connectivity index (χ3n) is 4.59. The Morgan fingerprint density at radius 1 is 1.22 bits per heavy atom. The fraction of sp³-hybridized carbons (Fsp3) is 0.100. The number of nitrogens with two attached hydrogens (primary N) is 1. The van der Waals surface area contributed by atoms with E-state index in [4.69, 9.17) is 28.9 Å². The molecule has 1 aromatic carbocycles. The number of anilines is 1. The first-order chi connectivity index (χ1) is 15.2. The highest BCUT2D eigenvalue weighted by molar-refractivity contribution is 7.21. The largest absolute Gasteiger partial charge is 0.365 e. The van der Waals surface area contributed by atoms with Crippen LogP contribution in [0.1, 0.15) is 37.8 Å². The molecule has 4 N–H and O–H groups in total. The van der Waals surface area contributed by atoms with E-state index < -0.39 is 23.9 Å². The fourth-order valence-electron chi connectivity index (χ4n) is 3.17. The predicted octanol–water partition coefficient (Wildman–Crippen LogP) is 5.59. The highest BCUT2D eigenvalue weighted by Crippen LogP contribution is 2.38. The summed E-state index contributed by atoms with van der Waals surface area (Å²) in [6.07, 6.45) is -2.78. The van der Waals surface area contributed by atoms with Gasteiger partial charge in [-0.05, 0) is 42.8 Å². The van der Waals surface area contributed by atoms with Gasteiger partial charge in [0.2, 0.25) is 0 Å². The molecule has 0 aliphatic carbocycles. The van der Waals surface area contributed by atoms with Crippen molar-refractivity contribution in [2.45, 2.75) is 13.3 Å². The lowest BCUT2D eigenvalue weighted by atomic mass is 10.1. The average molecular weight is 496 g/mol. The van der Waals surface area contributed by atoms with Gasteiger partial charge >= 0.3 is 0 Å². The molecule has 32 heavy (non-hydrogen) atoms. The second-order valence-electron chi connectivity index (χ2n) is 6.76. The van der Waals surface area contributed by atoms with Gasteiger partial charge in [-0.1, -0.05) is 23.2 Å². The normalized spacial score (nSPS) is 11.3. The second kappa shape index (κ2) is 8.45. The number of alkyl halides is 2. The number of carbonyl (C=O) groups excluding carboxylic acids is 2. The van der Waals surface area contributed by atoms with E-state index in [1.165, 1.54) is 12.1 Å². The second-order valence-corrected chi connectivity index (χ2v) is 8.60. The molecule has 0 atom stereocenters. The topological polar surface area (TPSA) is 114 Å². The number of aryl methyl sites for hydroxylation is 1. The number of aromatic nitrogens is 3. The van der Waals surface area contributed by atoms with Gasteiger partial charge in [-0.25, -0.2) is 13.8 Å². The Morgan fingerprint density at radius 3 is 2.62 bits per heavy atom. The first kappa shape index (κ1) is 22.1. The maximum absolute atomic E-state index is 13.1. The van der Waals surface area contributed by atoms with E-state index in [0.717, 1.165) is 11.3 Å². The minimum absolute atomic E-state index is 0.00384. The number of rotatable bonds is 5. The van der Waals surface area contributed by atoms with Crippen molar-refractivity contribution < 1.29 is 18.4 Å². The highest BCUT2D eigenvalue weighted by atomic mass is 35.5. The van der Waals surface area contributed by atoms with Crippen molar-refractivity contribution in [2.75, 3.05) is 5.32 Å². The minimum atomic E-state index is -2.78. The van der Waals surface area contributed by atoms with E-state index in [0.29, 0.717) is 32.3 Å². The number of pyridine rings is 1. The summed E-state index contributed by atoms with van der Waals surface area (Å²) in [7, 11) is 0. The summed E-state index contributed by atoms with van der Waals surface area (Å²) in [6.45, 7) is 1.58. The Balaban J connectivity index is 1.72. The molecule has 4 rings (SSSR count). The number of H-pyrrole nitrogens is 1. The van der Waals surface area contributed by atoms with Gasteiger partial charge in [0.25, 0.3) is 18.2 Å². The molecule has 0 saturated heterocycles. The van der Waals surface area contributed by atoms with Gasteiger partial charge in [-0.3, -0.25) is 14.7 Å². The average Bonchev–Trinajstić information content (AvgIpc) is 3.33. The van der Waals surface area contributed by atoms with Gasteiger partial charge in [-0.2, -0.15) is 5.10 Å². The molecule has 12 heteroatoms. The summed E-state index contributed by atoms with van der Waals surface area (Å²) < 4.78 is 26.2. The number of nitrogens with zero attached hydrogens (tertiary/aromatic N) is 2. The third-order valence-corrected chi connectivity index (χ3v) is 6.24. The zero-order valence-corrected chi connectivity index (χ0v) is 18.5. The van der Waals surface area contributed by atoms with Crippen molar-refractivity contribution >= 4 is 62.3 Å². The molecule has 0 bridgehead atoms. The maximum atomic E-state index is 13.1. The van der Waals surface area contributed by atoms with Crippen LogP contribution in [-0.2, 0) is 0 Å². The summed E-state index contributed by atoms with van der Waals surface area (Å²) in [6, 6.07) is 7.53. The van der Waals surface area contributed by atoms with Crippen LogP contribution in [0.15, 0.2) is 30.3 Å². The van der Waals surface area contributed by atoms with Crippen LogP contribution in [0.4, 0.5) is 14.5 Å². The molecule has 164 valence electrons. The molecule has 0 spiro atoms. The minimum Gasteiger partial charge on any atom is -0.365 e. The zero-order chi connectivity index (χ0) is 23.2. The van der Waals surface area contributed by atoms with E-state index in [-0.39, 0.29) is 21.1 Å². The summed E-state index contributed by atoms with van der Waals surface area (Å²) in [5.74, 6) is -1.44. The number of nitrogens with one attached hydrogen (secondary N) is 2. The molecular formula is C20H13Cl2F2N5O2S. The van der Waals surface area contributed by atoms with Crippen LogP contribution in [0.2, 0.25) is 10.0 Å². The third kappa shape index (κ3) is 4.04. The van der Waals surface area contributed by atoms with Gasteiger partial charge in [0.05, 0.1) is 16.4 Å². The summed E-state index contributed by atoms with van der Waals surface area (Å²) in [5, 5.41) is 10.5. The number of primary amides is 1. The zero-order valence-electron chi connectivity index (χ0n) is 16.2. The number of benzene rings is 1. The molecule has 7 nitrogen and oxygen atoms in total. The van der Waals surface area contributed by atoms with Crippen molar-refractivity contribution in [1.29, 1.82) is 0 Å². The molecule has 0 fully saturated rings. The molecular weight excluding hydrogens is 483 g/mol. The number of hydrogen-bond donors (Lipinski definition) is 3. The van der Waals surface area contributed by atoms with Crippen LogP contribution in [0.3, 0.4) is 0 Å². The van der Waals surface area contributed by atoms with Gasteiger partial charge in [-0.15, -0.1) is 11.3 Å². The van der Waals surface area contributed by atoms with Gasteiger partial charge in [0.15, 0.2) is 0 Å². The van der Waals surface area contributed by atoms with Crippen LogP contribution in [-0.4, -0.2) is 27.0 Å². The highest BCUT2D eigenvalue weighted by Gasteiger charge is 2.24. The Morgan fingerprint density at radius 2 is 1.97 bits per heavy atom. The number of hydrogen-bond acceptors (Lipinski definition) is 5. The summed E-state index contributed by atoms with van der Waals surface area (Å²) in [4.78, 5) is 28.9. The van der Waals surface area contributed by atoms with E-state index in [9.17, 15) is 18.4 Å². The Hall–Kier alpha value is -3.08. The molecule has 3 aromatic heterocycles. The summed E-state index contributed by atoms with van der Waals surface area (Å²) in [5.41, 5.74) is 6.59. The number of carbonyl (C=O) groups is 2. The SMILES string of the molecule is Cc1cc(C(F)F)nc2sc(C(N)=O)c(NC(=O)c3cc(-c4ccc(Cl)cc4Cl)n[nH]3)c12. The lowest BCUT2D eigenvalue weighted by Gasteiger charge is -2.07. The van der Waals surface area contributed by atoms with Gasteiger partial charge in [0, 0.05) is 16.0 Å². The van der Waals surface area contributed by atoms with Crippen molar-refractivity contribution in [3.63, 3.8) is 0 Å². The Kier molecular flexibility index (Phi) is 5.85. The number of halogens is 4. The molecule has 0 radical (unpaired) electrons. The fourth-order valence-corrected chi connectivity index (χ4v) is 4.74. The van der Waals surface area contributed by atoms with Crippen molar-refractivity contribution in [3.05, 3.63) is 62.2 Å².